The van der Waals surface area contributed by atoms with Crippen molar-refractivity contribution in [2.45, 2.75) is 31.8 Å². The van der Waals surface area contributed by atoms with Crippen molar-refractivity contribution in [1.82, 2.24) is 10.2 Å². The lowest BCUT2D eigenvalue weighted by molar-refractivity contribution is -0.142. The zero-order valence-electron chi connectivity index (χ0n) is 19.8. The molecule has 0 aromatic heterocycles. The first-order chi connectivity index (χ1) is 16.3. The molecule has 0 saturated carbocycles. The maximum Gasteiger partial charge on any atom is 0.250 e. The summed E-state index contributed by atoms with van der Waals surface area (Å²) in [5.41, 5.74) is 1.11. The Kier molecular flexibility index (Phi) is 5.36. The molecule has 1 spiro atoms. The number of benzene rings is 2. The number of rotatable bonds is 6. The molecule has 0 radical (unpaired) electrons. The van der Waals surface area contributed by atoms with E-state index in [0.29, 0.717) is 23.6 Å². The van der Waals surface area contributed by atoms with Crippen LogP contribution >= 0.6 is 0 Å². The number of para-hydroxylation sites is 1. The van der Waals surface area contributed by atoms with Crippen LogP contribution in [0.2, 0.25) is 0 Å². The molecule has 3 heterocycles. The molecule has 8 heteroatoms. The standard InChI is InChI=1S/C26H29N3O5/c1-14(2)22-20-21(26(28-22)16-7-5-6-8-17(16)27-25(26)32)24(31)29(23(20)30)12-11-15-9-10-18(33-3)19(13-15)34-4/h5-10,13-14,20-22,28H,11-12H2,1-4H3,(H,27,32)/t20-,21-,22-,26-/m0/s1. The fraction of sp³-hybridized carbons (Fsp3) is 0.423. The Balaban J connectivity index is 1.47. The summed E-state index contributed by atoms with van der Waals surface area (Å²) >= 11 is 0. The lowest BCUT2D eigenvalue weighted by Crippen LogP contribution is -2.54. The van der Waals surface area contributed by atoms with Crippen molar-refractivity contribution < 1.29 is 23.9 Å². The minimum atomic E-state index is -1.24. The number of imide groups is 1. The summed E-state index contributed by atoms with van der Waals surface area (Å²) < 4.78 is 10.7. The Morgan fingerprint density at radius 1 is 1.00 bits per heavy atom. The second kappa shape index (κ2) is 8.13. The second-order valence-corrected chi connectivity index (χ2v) is 9.49. The molecule has 34 heavy (non-hydrogen) atoms. The number of methoxy groups -OCH3 is 2. The first-order valence-electron chi connectivity index (χ1n) is 11.6. The third-order valence-electron chi connectivity index (χ3n) is 7.44. The van der Waals surface area contributed by atoms with E-state index >= 15 is 0 Å². The quantitative estimate of drug-likeness (QED) is 0.639. The lowest BCUT2D eigenvalue weighted by atomic mass is 9.76. The van der Waals surface area contributed by atoms with E-state index in [1.807, 2.05) is 56.3 Å². The van der Waals surface area contributed by atoms with E-state index in [1.165, 1.54) is 4.90 Å². The van der Waals surface area contributed by atoms with Gasteiger partial charge in [-0.15, -0.1) is 0 Å². The largest absolute Gasteiger partial charge is 0.493 e. The van der Waals surface area contributed by atoms with Crippen LogP contribution in [0.15, 0.2) is 42.5 Å². The van der Waals surface area contributed by atoms with Crippen molar-refractivity contribution in [3.63, 3.8) is 0 Å². The Bertz CT molecular complexity index is 1180. The molecular weight excluding hydrogens is 434 g/mol. The van der Waals surface area contributed by atoms with Gasteiger partial charge in [0.1, 0.15) is 5.54 Å². The van der Waals surface area contributed by atoms with Gasteiger partial charge in [-0.1, -0.05) is 38.1 Å². The topological polar surface area (TPSA) is 97.0 Å². The third kappa shape index (κ3) is 3.05. The number of nitrogens with zero attached hydrogens (tertiary/aromatic N) is 1. The summed E-state index contributed by atoms with van der Waals surface area (Å²) in [6.45, 7) is 4.26. The molecule has 0 unspecified atom stereocenters. The van der Waals surface area contributed by atoms with Crippen LogP contribution in [0.5, 0.6) is 11.5 Å². The van der Waals surface area contributed by atoms with Gasteiger partial charge in [0.2, 0.25) is 17.7 Å². The molecule has 2 saturated heterocycles. The molecule has 0 bridgehead atoms. The van der Waals surface area contributed by atoms with E-state index < -0.39 is 17.4 Å². The summed E-state index contributed by atoms with van der Waals surface area (Å²) in [6.07, 6.45) is 0.479. The molecule has 178 valence electrons. The Hall–Kier alpha value is -3.39. The number of hydrogen-bond acceptors (Lipinski definition) is 6. The van der Waals surface area contributed by atoms with Crippen molar-refractivity contribution in [2.75, 3.05) is 26.1 Å². The number of carbonyl (C=O) groups is 3. The minimum absolute atomic E-state index is 0.0648. The lowest BCUT2D eigenvalue weighted by Gasteiger charge is -2.30. The third-order valence-corrected chi connectivity index (χ3v) is 7.44. The van der Waals surface area contributed by atoms with Gasteiger partial charge in [-0.2, -0.15) is 0 Å². The number of fused-ring (bicyclic) bond motifs is 4. The first-order valence-corrected chi connectivity index (χ1v) is 11.6. The highest BCUT2D eigenvalue weighted by molar-refractivity contribution is 6.15. The van der Waals surface area contributed by atoms with Crippen LogP contribution in [-0.2, 0) is 26.3 Å². The van der Waals surface area contributed by atoms with Crippen LogP contribution in [0.25, 0.3) is 0 Å². The number of carbonyl (C=O) groups excluding carboxylic acids is 3. The van der Waals surface area contributed by atoms with Crippen LogP contribution in [0, 0.1) is 17.8 Å². The minimum Gasteiger partial charge on any atom is -0.493 e. The normalized spacial score (nSPS) is 27.4. The van der Waals surface area contributed by atoms with E-state index in [1.54, 1.807) is 14.2 Å². The molecule has 2 fully saturated rings. The number of ether oxygens (including phenoxy) is 2. The Morgan fingerprint density at radius 2 is 1.74 bits per heavy atom. The van der Waals surface area contributed by atoms with Gasteiger partial charge in [0.25, 0.3) is 0 Å². The molecule has 3 aliphatic rings. The van der Waals surface area contributed by atoms with Crippen molar-refractivity contribution in [1.29, 1.82) is 0 Å². The average Bonchev–Trinajstić information content (AvgIpc) is 3.42. The molecule has 2 N–H and O–H groups in total. The maximum absolute atomic E-state index is 13.8. The Labute approximate surface area is 198 Å². The highest BCUT2D eigenvalue weighted by Crippen LogP contribution is 2.53. The Morgan fingerprint density at radius 3 is 2.44 bits per heavy atom. The van der Waals surface area contributed by atoms with Gasteiger partial charge in [0, 0.05) is 23.8 Å². The van der Waals surface area contributed by atoms with E-state index in [9.17, 15) is 14.4 Å². The fourth-order valence-corrected chi connectivity index (χ4v) is 5.82. The van der Waals surface area contributed by atoms with Gasteiger partial charge in [0.15, 0.2) is 11.5 Å². The monoisotopic (exact) mass is 463 g/mol. The maximum atomic E-state index is 13.8. The van der Waals surface area contributed by atoms with Crippen molar-refractivity contribution >= 4 is 23.4 Å². The molecule has 8 nitrogen and oxygen atoms in total. The molecule has 2 aromatic carbocycles. The SMILES string of the molecule is COc1ccc(CCN2C(=O)[C@H]3[C@@H](C2=O)[C@]2(N[C@H]3C(C)C)C(=O)Nc3ccccc32)cc1OC. The van der Waals surface area contributed by atoms with Crippen LogP contribution < -0.4 is 20.1 Å². The summed E-state index contributed by atoms with van der Waals surface area (Å²) in [5, 5.41) is 6.37. The van der Waals surface area contributed by atoms with Crippen LogP contribution in [0.1, 0.15) is 25.0 Å². The summed E-state index contributed by atoms with van der Waals surface area (Å²) in [5.74, 6) is -0.860. The van der Waals surface area contributed by atoms with Gasteiger partial charge < -0.3 is 14.8 Å². The molecule has 0 aliphatic carbocycles. The molecule has 4 atom stereocenters. The van der Waals surface area contributed by atoms with E-state index in [0.717, 1.165) is 11.1 Å². The fourth-order valence-electron chi connectivity index (χ4n) is 5.82. The molecule has 3 amide bonds. The summed E-state index contributed by atoms with van der Waals surface area (Å²) in [4.78, 5) is 42.1. The van der Waals surface area contributed by atoms with Gasteiger partial charge in [0.05, 0.1) is 26.1 Å². The predicted octanol–water partition coefficient (Wildman–Crippen LogP) is 2.32. The van der Waals surface area contributed by atoms with Crippen LogP contribution in [0.4, 0.5) is 5.69 Å². The number of amides is 3. The van der Waals surface area contributed by atoms with Crippen LogP contribution in [-0.4, -0.2) is 49.4 Å². The van der Waals surface area contributed by atoms with E-state index in [-0.39, 0.29) is 36.2 Å². The molecular formula is C26H29N3O5. The predicted molar refractivity (Wildman–Crippen MR) is 125 cm³/mol. The molecule has 5 rings (SSSR count). The highest BCUT2D eigenvalue weighted by atomic mass is 16.5. The number of nitrogens with one attached hydrogen (secondary N) is 2. The van der Waals surface area contributed by atoms with Gasteiger partial charge in [-0.3, -0.25) is 24.6 Å². The van der Waals surface area contributed by atoms with Gasteiger partial charge >= 0.3 is 0 Å². The highest BCUT2D eigenvalue weighted by Gasteiger charge is 2.70. The van der Waals surface area contributed by atoms with Crippen molar-refractivity contribution in [3.8, 4) is 11.5 Å². The second-order valence-electron chi connectivity index (χ2n) is 9.49. The number of likely N-dealkylation sites (tertiary alicyclic amines) is 1. The van der Waals surface area contributed by atoms with Crippen LogP contribution in [0.3, 0.4) is 0 Å². The van der Waals surface area contributed by atoms with Gasteiger partial charge in [-0.25, -0.2) is 0 Å². The van der Waals surface area contributed by atoms with Gasteiger partial charge in [-0.05, 0) is 36.1 Å². The number of hydrogen-bond donors (Lipinski definition) is 2. The van der Waals surface area contributed by atoms with Crippen molar-refractivity contribution in [3.05, 3.63) is 53.6 Å². The summed E-state index contributed by atoms with van der Waals surface area (Å²) in [6, 6.07) is 12.7. The zero-order chi connectivity index (χ0) is 24.2. The zero-order valence-corrected chi connectivity index (χ0v) is 19.8. The average molecular weight is 464 g/mol. The smallest absolute Gasteiger partial charge is 0.250 e. The van der Waals surface area contributed by atoms with Crippen molar-refractivity contribution in [2.24, 2.45) is 17.8 Å². The first kappa shape index (κ1) is 22.4. The number of anilines is 1. The molecule has 3 aliphatic heterocycles. The molecule has 2 aromatic rings. The van der Waals surface area contributed by atoms with E-state index in [2.05, 4.69) is 10.6 Å². The summed E-state index contributed by atoms with van der Waals surface area (Å²) in [7, 11) is 3.14. The van der Waals surface area contributed by atoms with E-state index in [4.69, 9.17) is 9.47 Å².